The van der Waals surface area contributed by atoms with E-state index < -0.39 is 33.7 Å². The molecule has 0 amide bonds. The zero-order valence-corrected chi connectivity index (χ0v) is 16.6. The third-order valence-electron chi connectivity index (χ3n) is 3.79. The fraction of sp³-hybridized carbons (Fsp3) is 0.778. The summed E-state index contributed by atoms with van der Waals surface area (Å²) in [7, 11) is -4.75. The van der Waals surface area contributed by atoms with Gasteiger partial charge in [-0.1, -0.05) is 64.0 Å². The monoisotopic (exact) mass is 392 g/mol. The van der Waals surface area contributed by atoms with Gasteiger partial charge in [-0.15, -0.1) is 0 Å². The number of esters is 2. The van der Waals surface area contributed by atoms with Crippen LogP contribution in [0.2, 0.25) is 0 Å². The molecule has 0 aromatic rings. The summed E-state index contributed by atoms with van der Waals surface area (Å²) in [5.74, 6) is -2.02. The van der Waals surface area contributed by atoms with Crippen molar-refractivity contribution in [3.05, 3.63) is 12.2 Å². The summed E-state index contributed by atoms with van der Waals surface area (Å²) in [4.78, 5) is 23.4. The standard InChI is InChI=1S/C18H32O7S/c1-3-5-7-8-9-10-11-12-14-24-17(19)15-16(26(21,22)23)18(20)25-13-6-4-2/h4,6,16H,3,5,7-15H2,1-2H3,(H,21,22,23)/b6-4+. The Kier molecular flexibility index (Phi) is 13.9. The molecule has 0 aromatic carbocycles. The molecule has 0 aromatic heterocycles. The number of carbonyl (C=O) groups is 2. The molecule has 8 heteroatoms. The van der Waals surface area contributed by atoms with Crippen LogP contribution in [0.4, 0.5) is 0 Å². The van der Waals surface area contributed by atoms with Gasteiger partial charge in [-0.2, -0.15) is 8.42 Å². The molecular weight excluding hydrogens is 360 g/mol. The van der Waals surface area contributed by atoms with E-state index in [2.05, 4.69) is 6.92 Å². The van der Waals surface area contributed by atoms with Crippen molar-refractivity contribution in [2.24, 2.45) is 0 Å². The van der Waals surface area contributed by atoms with Gasteiger partial charge in [0.1, 0.15) is 6.61 Å². The summed E-state index contributed by atoms with van der Waals surface area (Å²) in [5.41, 5.74) is 0. The molecule has 0 heterocycles. The first-order chi connectivity index (χ1) is 12.3. The van der Waals surface area contributed by atoms with E-state index in [4.69, 9.17) is 14.0 Å². The maximum absolute atomic E-state index is 11.7. The zero-order valence-electron chi connectivity index (χ0n) is 15.8. The fourth-order valence-electron chi connectivity index (χ4n) is 2.26. The molecule has 0 saturated heterocycles. The smallest absolute Gasteiger partial charge is 0.327 e. The Morgan fingerprint density at radius 3 is 2.12 bits per heavy atom. The van der Waals surface area contributed by atoms with Gasteiger partial charge in [-0.05, 0) is 13.3 Å². The highest BCUT2D eigenvalue weighted by molar-refractivity contribution is 7.87. The van der Waals surface area contributed by atoms with Crippen molar-refractivity contribution >= 4 is 22.1 Å². The minimum absolute atomic E-state index is 0.130. The second-order valence-corrected chi connectivity index (χ2v) is 7.70. The van der Waals surface area contributed by atoms with E-state index in [0.717, 1.165) is 19.3 Å². The number of allylic oxidation sites excluding steroid dienone is 1. The first-order valence-corrected chi connectivity index (χ1v) is 10.7. The van der Waals surface area contributed by atoms with E-state index in [-0.39, 0.29) is 13.2 Å². The molecule has 1 atom stereocenters. The Hall–Kier alpha value is -1.41. The van der Waals surface area contributed by atoms with Crippen LogP contribution in [0.15, 0.2) is 12.2 Å². The van der Waals surface area contributed by atoms with Crippen LogP contribution >= 0.6 is 0 Å². The zero-order chi connectivity index (χ0) is 19.8. The Labute approximate surface area is 156 Å². The first kappa shape index (κ1) is 24.6. The molecule has 152 valence electrons. The molecule has 0 aliphatic heterocycles. The van der Waals surface area contributed by atoms with Gasteiger partial charge < -0.3 is 9.47 Å². The number of hydrogen-bond acceptors (Lipinski definition) is 6. The quantitative estimate of drug-likeness (QED) is 0.197. The van der Waals surface area contributed by atoms with E-state index in [1.54, 1.807) is 13.0 Å². The number of carbonyl (C=O) groups excluding carboxylic acids is 2. The number of hydrogen-bond donors (Lipinski definition) is 1. The Bertz CT molecular complexity index is 526. The average molecular weight is 393 g/mol. The first-order valence-electron chi connectivity index (χ1n) is 9.22. The van der Waals surface area contributed by atoms with Gasteiger partial charge in [0.15, 0.2) is 5.25 Å². The molecule has 1 N–H and O–H groups in total. The van der Waals surface area contributed by atoms with Gasteiger partial charge in [0.25, 0.3) is 10.1 Å². The molecule has 0 rings (SSSR count). The SMILES string of the molecule is C/C=C/COC(=O)C(CC(=O)OCCCCCCCCCC)S(=O)(=O)O. The van der Waals surface area contributed by atoms with Gasteiger partial charge in [0.2, 0.25) is 0 Å². The van der Waals surface area contributed by atoms with Crippen molar-refractivity contribution < 1.29 is 32.0 Å². The summed E-state index contributed by atoms with van der Waals surface area (Å²) in [6, 6.07) is 0. The highest BCUT2D eigenvalue weighted by Gasteiger charge is 2.35. The van der Waals surface area contributed by atoms with Crippen LogP contribution in [-0.4, -0.2) is 43.4 Å². The molecule has 7 nitrogen and oxygen atoms in total. The topological polar surface area (TPSA) is 107 Å². The Morgan fingerprint density at radius 2 is 1.58 bits per heavy atom. The van der Waals surface area contributed by atoms with Gasteiger partial charge in [0.05, 0.1) is 13.0 Å². The highest BCUT2D eigenvalue weighted by Crippen LogP contribution is 2.11. The summed E-state index contributed by atoms with van der Waals surface area (Å²) >= 11 is 0. The van der Waals surface area contributed by atoms with Crippen molar-refractivity contribution in [2.75, 3.05) is 13.2 Å². The Morgan fingerprint density at radius 1 is 1.00 bits per heavy atom. The molecule has 26 heavy (non-hydrogen) atoms. The summed E-state index contributed by atoms with van der Waals surface area (Å²) in [6.07, 6.45) is 11.1. The van der Waals surface area contributed by atoms with E-state index in [1.165, 1.54) is 31.8 Å². The van der Waals surface area contributed by atoms with Gasteiger partial charge in [-0.3, -0.25) is 14.1 Å². The van der Waals surface area contributed by atoms with Crippen LogP contribution in [0.3, 0.4) is 0 Å². The lowest BCUT2D eigenvalue weighted by Crippen LogP contribution is -2.34. The van der Waals surface area contributed by atoms with E-state index in [1.807, 2.05) is 0 Å². The minimum Gasteiger partial charge on any atom is -0.466 e. The van der Waals surface area contributed by atoms with Crippen LogP contribution < -0.4 is 0 Å². The van der Waals surface area contributed by atoms with Crippen molar-refractivity contribution in [1.82, 2.24) is 0 Å². The lowest BCUT2D eigenvalue weighted by atomic mass is 10.1. The molecule has 0 saturated carbocycles. The van der Waals surface area contributed by atoms with E-state index in [9.17, 15) is 18.0 Å². The van der Waals surface area contributed by atoms with Crippen LogP contribution in [0.25, 0.3) is 0 Å². The van der Waals surface area contributed by atoms with Gasteiger partial charge in [-0.25, -0.2) is 0 Å². The lowest BCUT2D eigenvalue weighted by molar-refractivity contribution is -0.149. The molecule has 0 radical (unpaired) electrons. The predicted molar refractivity (Wildman–Crippen MR) is 99.3 cm³/mol. The molecule has 0 fully saturated rings. The van der Waals surface area contributed by atoms with Crippen molar-refractivity contribution in [3.63, 3.8) is 0 Å². The van der Waals surface area contributed by atoms with Crippen LogP contribution in [0.5, 0.6) is 0 Å². The van der Waals surface area contributed by atoms with E-state index in [0.29, 0.717) is 6.42 Å². The molecular formula is C18H32O7S. The van der Waals surface area contributed by atoms with Crippen molar-refractivity contribution in [1.29, 1.82) is 0 Å². The maximum Gasteiger partial charge on any atom is 0.327 e. The summed E-state index contributed by atoms with van der Waals surface area (Å²) in [5, 5.41) is -1.96. The van der Waals surface area contributed by atoms with Crippen molar-refractivity contribution in [3.8, 4) is 0 Å². The maximum atomic E-state index is 11.7. The van der Waals surface area contributed by atoms with E-state index >= 15 is 0 Å². The molecule has 0 aliphatic carbocycles. The number of ether oxygens (including phenoxy) is 2. The normalized spacial score (nSPS) is 12.9. The third kappa shape index (κ3) is 12.9. The third-order valence-corrected chi connectivity index (χ3v) is 4.87. The van der Waals surface area contributed by atoms with Crippen LogP contribution in [0, 0.1) is 0 Å². The lowest BCUT2D eigenvalue weighted by Gasteiger charge is -2.12. The average Bonchev–Trinajstić information content (AvgIpc) is 2.57. The van der Waals surface area contributed by atoms with Crippen LogP contribution in [-0.2, 0) is 29.2 Å². The molecule has 0 aliphatic rings. The molecule has 0 bridgehead atoms. The fourth-order valence-corrected chi connectivity index (χ4v) is 2.92. The molecule has 0 spiro atoms. The summed E-state index contributed by atoms with van der Waals surface area (Å²) < 4.78 is 41.4. The Balaban J connectivity index is 4.09. The summed E-state index contributed by atoms with van der Waals surface area (Å²) in [6.45, 7) is 3.91. The van der Waals surface area contributed by atoms with Crippen LogP contribution in [0.1, 0.15) is 71.6 Å². The van der Waals surface area contributed by atoms with Crippen molar-refractivity contribution in [2.45, 2.75) is 76.9 Å². The highest BCUT2D eigenvalue weighted by atomic mass is 32.2. The predicted octanol–water partition coefficient (Wildman–Crippen LogP) is 3.44. The second kappa shape index (κ2) is 14.7. The van der Waals surface area contributed by atoms with Gasteiger partial charge >= 0.3 is 11.9 Å². The second-order valence-electron chi connectivity index (χ2n) is 6.10. The number of unbranched alkanes of at least 4 members (excludes halogenated alkanes) is 7. The minimum atomic E-state index is -4.75. The largest absolute Gasteiger partial charge is 0.466 e. The molecule has 1 unspecified atom stereocenters. The number of rotatable bonds is 15. The van der Waals surface area contributed by atoms with Gasteiger partial charge in [0, 0.05) is 0 Å².